The summed E-state index contributed by atoms with van der Waals surface area (Å²) in [6, 6.07) is 0. The van der Waals surface area contributed by atoms with E-state index in [1.807, 2.05) is 21.1 Å². The summed E-state index contributed by atoms with van der Waals surface area (Å²) < 4.78 is 0.643. The predicted octanol–water partition coefficient (Wildman–Crippen LogP) is 0.487. The lowest BCUT2D eigenvalue weighted by molar-refractivity contribution is -0.871. The van der Waals surface area contributed by atoms with E-state index in [2.05, 4.69) is 0 Å². The Kier molecular flexibility index (Phi) is 3.58. The summed E-state index contributed by atoms with van der Waals surface area (Å²) >= 11 is 0. The van der Waals surface area contributed by atoms with Crippen LogP contribution in [0.1, 0.15) is 13.8 Å². The quantitative estimate of drug-likeness (QED) is 0.457. The maximum Gasteiger partial charge on any atom is 0.145 e. The van der Waals surface area contributed by atoms with Crippen LogP contribution in [-0.4, -0.2) is 43.7 Å². The van der Waals surface area contributed by atoms with Gasteiger partial charge in [-0.25, -0.2) is 0 Å². The van der Waals surface area contributed by atoms with Crippen LogP contribution in [0.2, 0.25) is 0 Å². The zero-order valence-corrected chi connectivity index (χ0v) is 8.55. The third kappa shape index (κ3) is 4.23. The average molecular weight is 172 g/mol. The Morgan fingerprint density at radius 1 is 1.08 bits per heavy atom. The molecule has 70 valence electrons. The van der Waals surface area contributed by atoms with E-state index >= 15 is 0 Å². The topological polar surface area (TPSA) is 34.1 Å². The minimum absolute atomic E-state index is 0.0319. The molecule has 0 aliphatic heterocycles. The van der Waals surface area contributed by atoms with E-state index in [-0.39, 0.29) is 11.6 Å². The summed E-state index contributed by atoms with van der Waals surface area (Å²) in [5.74, 6) is -0.490. The molecule has 0 radical (unpaired) electrons. The molecule has 12 heavy (non-hydrogen) atoms. The molecule has 0 bridgehead atoms. The van der Waals surface area contributed by atoms with Gasteiger partial charge in [0.1, 0.15) is 17.5 Å². The molecule has 3 heteroatoms. The van der Waals surface area contributed by atoms with Crippen LogP contribution >= 0.6 is 0 Å². The summed E-state index contributed by atoms with van der Waals surface area (Å²) in [7, 11) is 5.91. The maximum absolute atomic E-state index is 11.0. The zero-order chi connectivity index (χ0) is 9.94. The molecular formula is C9H18NO2+. The Bertz CT molecular complexity index is 177. The van der Waals surface area contributed by atoms with Crippen LogP contribution < -0.4 is 0 Å². The normalized spacial score (nSPS) is 11.8. The van der Waals surface area contributed by atoms with Gasteiger partial charge in [-0.3, -0.25) is 9.59 Å². The lowest BCUT2D eigenvalue weighted by Gasteiger charge is -2.26. The van der Waals surface area contributed by atoms with Crippen molar-refractivity contribution in [3.8, 4) is 0 Å². The Morgan fingerprint density at radius 3 is 1.50 bits per heavy atom. The fraction of sp³-hybridized carbons (Fsp3) is 0.778. The van der Waals surface area contributed by atoms with Crippen LogP contribution in [0, 0.1) is 5.92 Å². The summed E-state index contributed by atoms with van der Waals surface area (Å²) in [5.41, 5.74) is 0. The van der Waals surface area contributed by atoms with Crippen molar-refractivity contribution >= 4 is 11.6 Å². The van der Waals surface area contributed by atoms with Crippen molar-refractivity contribution in [1.82, 2.24) is 0 Å². The number of Topliss-reactive ketones (excluding diaryl/α,β-unsaturated/α-hetero) is 2. The molecule has 0 aliphatic rings. The van der Waals surface area contributed by atoms with Crippen molar-refractivity contribution < 1.29 is 14.1 Å². The molecule has 0 spiro atoms. The van der Waals surface area contributed by atoms with E-state index in [1.54, 1.807) is 0 Å². The molecule has 0 unspecified atom stereocenters. The summed E-state index contributed by atoms with van der Waals surface area (Å²) in [6.07, 6.45) is 0. The van der Waals surface area contributed by atoms with Crippen LogP contribution in [0.4, 0.5) is 0 Å². The molecular weight excluding hydrogens is 154 g/mol. The van der Waals surface area contributed by atoms with Gasteiger partial charge in [-0.1, -0.05) is 0 Å². The van der Waals surface area contributed by atoms with Gasteiger partial charge in [-0.2, -0.15) is 0 Å². The predicted molar refractivity (Wildman–Crippen MR) is 47.8 cm³/mol. The molecule has 0 aromatic rings. The van der Waals surface area contributed by atoms with Crippen LogP contribution in [0.15, 0.2) is 0 Å². The minimum Gasteiger partial charge on any atom is -0.330 e. The molecule has 0 saturated carbocycles. The van der Waals surface area contributed by atoms with Crippen LogP contribution in [0.5, 0.6) is 0 Å². The second-order valence-electron chi connectivity index (χ2n) is 4.25. The van der Waals surface area contributed by atoms with Gasteiger partial charge in [0, 0.05) is 0 Å². The van der Waals surface area contributed by atoms with Crippen molar-refractivity contribution in [2.24, 2.45) is 5.92 Å². The molecule has 0 heterocycles. The Hall–Kier alpha value is -0.700. The van der Waals surface area contributed by atoms with E-state index < -0.39 is 5.92 Å². The third-order valence-corrected chi connectivity index (χ3v) is 1.71. The molecule has 0 aromatic carbocycles. The zero-order valence-electron chi connectivity index (χ0n) is 8.55. The summed E-state index contributed by atoms with van der Waals surface area (Å²) in [4.78, 5) is 22.1. The molecule has 0 atom stereocenters. The number of ketones is 2. The van der Waals surface area contributed by atoms with E-state index in [9.17, 15) is 9.59 Å². The smallest absolute Gasteiger partial charge is 0.145 e. The van der Waals surface area contributed by atoms with Crippen molar-refractivity contribution in [2.75, 3.05) is 27.7 Å². The largest absolute Gasteiger partial charge is 0.330 e. The van der Waals surface area contributed by atoms with Crippen molar-refractivity contribution in [1.29, 1.82) is 0 Å². The summed E-state index contributed by atoms with van der Waals surface area (Å²) in [6.45, 7) is 3.54. The number of quaternary nitrogens is 1. The van der Waals surface area contributed by atoms with E-state index in [0.717, 1.165) is 0 Å². The number of nitrogens with zero attached hydrogens (tertiary/aromatic N) is 1. The van der Waals surface area contributed by atoms with Gasteiger partial charge in [0.2, 0.25) is 0 Å². The first kappa shape index (κ1) is 11.3. The highest BCUT2D eigenvalue weighted by Crippen LogP contribution is 2.05. The van der Waals surface area contributed by atoms with Gasteiger partial charge in [-0.15, -0.1) is 0 Å². The van der Waals surface area contributed by atoms with E-state index in [1.165, 1.54) is 13.8 Å². The average Bonchev–Trinajstić information content (AvgIpc) is 1.79. The fourth-order valence-corrected chi connectivity index (χ4v) is 1.09. The maximum atomic E-state index is 11.0. The van der Waals surface area contributed by atoms with Gasteiger partial charge in [-0.05, 0) is 13.8 Å². The highest BCUT2D eigenvalue weighted by Gasteiger charge is 2.25. The Labute approximate surface area is 74.0 Å². The number of carbonyl (C=O) groups is 2. The number of rotatable bonds is 4. The molecule has 0 aromatic heterocycles. The second-order valence-corrected chi connectivity index (χ2v) is 4.25. The fourth-order valence-electron chi connectivity index (χ4n) is 1.09. The van der Waals surface area contributed by atoms with Crippen molar-refractivity contribution in [3.63, 3.8) is 0 Å². The third-order valence-electron chi connectivity index (χ3n) is 1.71. The van der Waals surface area contributed by atoms with Gasteiger partial charge < -0.3 is 4.48 Å². The number of carbonyl (C=O) groups excluding carboxylic acids is 2. The van der Waals surface area contributed by atoms with Crippen LogP contribution in [-0.2, 0) is 9.59 Å². The highest BCUT2D eigenvalue weighted by atomic mass is 16.1. The first-order valence-corrected chi connectivity index (χ1v) is 4.05. The van der Waals surface area contributed by atoms with E-state index in [4.69, 9.17) is 0 Å². The minimum atomic E-state index is -0.426. The Balaban J connectivity index is 4.35. The highest BCUT2D eigenvalue weighted by molar-refractivity contribution is 6.00. The SMILES string of the molecule is CC(=O)C(C[N+](C)(C)C)C(C)=O. The molecule has 0 aliphatic carbocycles. The van der Waals surface area contributed by atoms with Crippen molar-refractivity contribution in [2.45, 2.75) is 13.8 Å². The first-order chi connectivity index (χ1) is 5.24. The lowest BCUT2D eigenvalue weighted by Crippen LogP contribution is -2.43. The standard InChI is InChI=1S/C9H18NO2/c1-7(11)9(8(2)12)6-10(3,4)5/h9H,6H2,1-5H3/q+1. The van der Waals surface area contributed by atoms with E-state index in [0.29, 0.717) is 11.0 Å². The van der Waals surface area contributed by atoms with Gasteiger partial charge in [0.25, 0.3) is 0 Å². The van der Waals surface area contributed by atoms with Gasteiger partial charge >= 0.3 is 0 Å². The van der Waals surface area contributed by atoms with Gasteiger partial charge in [0.15, 0.2) is 0 Å². The molecule has 0 N–H and O–H groups in total. The molecule has 0 saturated heterocycles. The Morgan fingerprint density at radius 2 is 1.42 bits per heavy atom. The van der Waals surface area contributed by atoms with Crippen LogP contribution in [0.3, 0.4) is 0 Å². The van der Waals surface area contributed by atoms with Gasteiger partial charge in [0.05, 0.1) is 27.7 Å². The van der Waals surface area contributed by atoms with Crippen molar-refractivity contribution in [3.05, 3.63) is 0 Å². The summed E-state index contributed by atoms with van der Waals surface area (Å²) in [5, 5.41) is 0. The second kappa shape index (κ2) is 3.81. The molecule has 0 rings (SSSR count). The van der Waals surface area contributed by atoms with Crippen LogP contribution in [0.25, 0.3) is 0 Å². The monoisotopic (exact) mass is 172 g/mol. The molecule has 0 amide bonds. The molecule has 0 fully saturated rings. The number of hydrogen-bond donors (Lipinski definition) is 0. The molecule has 3 nitrogen and oxygen atoms in total. The lowest BCUT2D eigenvalue weighted by atomic mass is 10.00. The first-order valence-electron chi connectivity index (χ1n) is 4.05. The number of hydrogen-bond acceptors (Lipinski definition) is 2.